The van der Waals surface area contributed by atoms with Crippen molar-refractivity contribution in [3.05, 3.63) is 0 Å². The summed E-state index contributed by atoms with van der Waals surface area (Å²) in [6.07, 6.45) is 0. The number of nitrogens with zero attached hydrogens (tertiary/aromatic N) is 1. The number of carboxylic acids is 1. The molecule has 11 N–H and O–H groups in total. The summed E-state index contributed by atoms with van der Waals surface area (Å²) in [5.74, 6) is -2.85. The van der Waals surface area contributed by atoms with Crippen LogP contribution in [-0.4, -0.2) is 83.3 Å². The minimum absolute atomic E-state index is 0.394. The van der Waals surface area contributed by atoms with E-state index >= 15 is 0 Å². The van der Waals surface area contributed by atoms with Crippen molar-refractivity contribution in [2.75, 3.05) is 12.3 Å². The molecular formula is C7H20N2O14P4S. The molecule has 0 bridgehead atoms. The van der Waals surface area contributed by atoms with Crippen LogP contribution in [0.4, 0.5) is 0 Å². The number of nitrogens with two attached hydrogens (primary N) is 1. The van der Waals surface area contributed by atoms with Crippen LogP contribution in [0.3, 0.4) is 0 Å². The van der Waals surface area contributed by atoms with E-state index in [1.807, 2.05) is 0 Å². The smallest absolute Gasteiger partial charge is 0.368 e. The number of aliphatic carboxylic acids is 1. The SMILES string of the molecule is CCN(C(P(=O)(O)O)P(=O)(O)O)C(SC[C@H](N)C(=O)O)(P(=O)(O)O)P(=O)(O)O. The van der Waals surface area contributed by atoms with Gasteiger partial charge in [0.25, 0.3) is 4.35 Å². The van der Waals surface area contributed by atoms with Gasteiger partial charge in [0.1, 0.15) is 6.04 Å². The lowest BCUT2D eigenvalue weighted by atomic mass is 10.4. The number of carboxylic acid groups (broad SMARTS) is 1. The van der Waals surface area contributed by atoms with E-state index in [9.17, 15) is 62.2 Å². The number of hydrogen-bond donors (Lipinski definition) is 10. The van der Waals surface area contributed by atoms with Crippen LogP contribution in [0, 0.1) is 0 Å². The molecule has 0 amide bonds. The summed E-state index contributed by atoms with van der Waals surface area (Å²) in [7, 11) is -24.3. The van der Waals surface area contributed by atoms with Gasteiger partial charge in [0.2, 0.25) is 5.52 Å². The predicted octanol–water partition coefficient (Wildman–Crippen LogP) is -1.94. The summed E-state index contributed by atoms with van der Waals surface area (Å²) in [6.45, 7) is -0.220. The molecule has 0 radical (unpaired) electrons. The van der Waals surface area contributed by atoms with Gasteiger partial charge in [0, 0.05) is 5.75 Å². The third-order valence-corrected chi connectivity index (χ3v) is 13.6. The Hall–Kier alpha value is 0.340. The van der Waals surface area contributed by atoms with E-state index in [1.54, 1.807) is 0 Å². The molecule has 28 heavy (non-hydrogen) atoms. The van der Waals surface area contributed by atoms with E-state index in [1.165, 1.54) is 0 Å². The van der Waals surface area contributed by atoms with Crippen LogP contribution >= 0.6 is 42.1 Å². The second-order valence-electron chi connectivity index (χ2n) is 5.23. The zero-order valence-electron chi connectivity index (χ0n) is 13.9. The molecule has 16 nitrogen and oxygen atoms in total. The monoisotopic (exact) mass is 512 g/mol. The first-order chi connectivity index (χ1) is 12.1. The standard InChI is InChI=1S/C7H20N2O14P4S/c1-2-9(6(24(12,13)14)25(15,16)17)7(26(18,19)20,27(21,22)23)28-3-4(8)5(10)11/h4,6H,2-3,8H2,1H3,(H,10,11)(H2,12,13,14)(H2,15,16,17)(H2,18,19,20)(H2,21,22,23)/t4-/m0/s1. The van der Waals surface area contributed by atoms with Gasteiger partial charge in [-0.3, -0.25) is 23.1 Å². The molecule has 0 aliphatic heterocycles. The largest absolute Gasteiger partial charge is 0.480 e. The zero-order valence-corrected chi connectivity index (χ0v) is 18.3. The fraction of sp³-hybridized carbons (Fsp3) is 0.857. The van der Waals surface area contributed by atoms with Gasteiger partial charge in [-0.1, -0.05) is 6.92 Å². The molecule has 0 aromatic rings. The molecule has 0 aromatic heterocycles. The van der Waals surface area contributed by atoms with Crippen molar-refractivity contribution in [1.82, 2.24) is 4.90 Å². The van der Waals surface area contributed by atoms with Gasteiger partial charge in [0.05, 0.1) is 0 Å². The van der Waals surface area contributed by atoms with Gasteiger partial charge in [-0.2, -0.15) is 0 Å². The van der Waals surface area contributed by atoms with Crippen LogP contribution in [0.1, 0.15) is 6.92 Å². The summed E-state index contributed by atoms with van der Waals surface area (Å²) in [4.78, 5) is 86.3. The molecule has 0 heterocycles. The maximum absolute atomic E-state index is 12.1. The van der Waals surface area contributed by atoms with Gasteiger partial charge in [-0.15, -0.1) is 11.8 Å². The van der Waals surface area contributed by atoms with Crippen molar-refractivity contribution in [3.8, 4) is 0 Å². The van der Waals surface area contributed by atoms with E-state index in [0.29, 0.717) is 0 Å². The minimum atomic E-state index is -6.19. The second kappa shape index (κ2) is 9.23. The van der Waals surface area contributed by atoms with E-state index in [4.69, 9.17) is 10.8 Å². The molecule has 0 saturated carbocycles. The molecule has 0 fully saturated rings. The Balaban J connectivity index is 7.00. The summed E-state index contributed by atoms with van der Waals surface area (Å²) < 4.78 is 43.5. The third-order valence-electron chi connectivity index (χ3n) is 3.13. The summed E-state index contributed by atoms with van der Waals surface area (Å²) in [5, 5.41) is 8.76. The topological polar surface area (TPSA) is 297 Å². The van der Waals surface area contributed by atoms with Crippen LogP contribution in [0.5, 0.6) is 0 Å². The average molecular weight is 512 g/mol. The third kappa shape index (κ3) is 6.17. The van der Waals surface area contributed by atoms with E-state index in [0.717, 1.165) is 6.92 Å². The fourth-order valence-electron chi connectivity index (χ4n) is 2.11. The van der Waals surface area contributed by atoms with Crippen LogP contribution in [-0.2, 0) is 23.1 Å². The van der Waals surface area contributed by atoms with Crippen molar-refractivity contribution >= 4 is 48.1 Å². The van der Waals surface area contributed by atoms with Crippen molar-refractivity contribution in [3.63, 3.8) is 0 Å². The predicted molar refractivity (Wildman–Crippen MR) is 95.1 cm³/mol. The summed E-state index contributed by atoms with van der Waals surface area (Å²) in [6, 6.07) is -1.94. The molecule has 1 atom stereocenters. The Morgan fingerprint density at radius 2 is 1.32 bits per heavy atom. The molecule has 0 spiro atoms. The minimum Gasteiger partial charge on any atom is -0.480 e. The van der Waals surface area contributed by atoms with Crippen molar-refractivity contribution in [2.24, 2.45) is 5.73 Å². The quantitative estimate of drug-likeness (QED) is 0.106. The number of rotatable bonds is 11. The maximum atomic E-state index is 12.1. The summed E-state index contributed by atoms with van der Waals surface area (Å²) in [5.41, 5.74) is 1.80. The highest BCUT2D eigenvalue weighted by Crippen LogP contribution is 2.78. The highest BCUT2D eigenvalue weighted by molar-refractivity contribution is 8.13. The molecule has 0 aliphatic rings. The normalized spacial score (nSPS) is 15.9. The van der Waals surface area contributed by atoms with E-state index in [-0.39, 0.29) is 0 Å². The van der Waals surface area contributed by atoms with Gasteiger partial charge in [0.15, 0.2) is 0 Å². The number of carbonyl (C=O) groups is 1. The Labute approximate surface area is 161 Å². The average Bonchev–Trinajstić information content (AvgIpc) is 2.39. The second-order valence-corrected chi connectivity index (χ2v) is 14.6. The number of hydrogen-bond acceptors (Lipinski definition) is 8. The first-order valence-corrected chi connectivity index (χ1v) is 14.3. The van der Waals surface area contributed by atoms with Crippen LogP contribution in [0.2, 0.25) is 0 Å². The van der Waals surface area contributed by atoms with Crippen molar-refractivity contribution in [2.45, 2.75) is 22.8 Å². The lowest BCUT2D eigenvalue weighted by molar-refractivity contribution is -0.137. The first-order valence-electron chi connectivity index (χ1n) is 6.75. The number of thioether (sulfide) groups is 1. The van der Waals surface area contributed by atoms with Gasteiger partial charge in [-0.25, -0.2) is 4.90 Å². The van der Waals surface area contributed by atoms with Gasteiger partial charge < -0.3 is 50.0 Å². The molecule has 21 heteroatoms. The lowest BCUT2D eigenvalue weighted by Gasteiger charge is -2.45. The molecule has 0 unspecified atom stereocenters. The molecule has 0 saturated heterocycles. The Bertz CT molecular complexity index is 722. The van der Waals surface area contributed by atoms with Crippen LogP contribution < -0.4 is 5.73 Å². The highest BCUT2D eigenvalue weighted by Gasteiger charge is 2.69. The molecule has 0 aliphatic carbocycles. The fourth-order valence-corrected chi connectivity index (χ4v) is 10.9. The molecule has 168 valence electrons. The van der Waals surface area contributed by atoms with Gasteiger partial charge >= 0.3 is 36.4 Å². The lowest BCUT2D eigenvalue weighted by Crippen LogP contribution is -2.52. The zero-order chi connectivity index (χ0) is 22.9. The highest BCUT2D eigenvalue weighted by atomic mass is 32.2. The first kappa shape index (κ1) is 28.3. The summed E-state index contributed by atoms with van der Waals surface area (Å²) >= 11 is -0.480. The van der Waals surface area contributed by atoms with Crippen LogP contribution in [0.15, 0.2) is 0 Å². The Kier molecular flexibility index (Phi) is 9.34. The molecule has 0 aromatic carbocycles. The molecular weight excluding hydrogens is 492 g/mol. The Morgan fingerprint density at radius 1 is 0.964 bits per heavy atom. The molecule has 0 rings (SSSR count). The Morgan fingerprint density at radius 3 is 1.54 bits per heavy atom. The van der Waals surface area contributed by atoms with Crippen LogP contribution in [0.25, 0.3) is 0 Å². The van der Waals surface area contributed by atoms with E-state index < -0.39 is 81.2 Å². The maximum Gasteiger partial charge on any atom is 0.368 e. The van der Waals surface area contributed by atoms with Crippen molar-refractivity contribution < 1.29 is 67.3 Å². The van der Waals surface area contributed by atoms with Gasteiger partial charge in [-0.05, 0) is 6.54 Å². The van der Waals surface area contributed by atoms with E-state index in [2.05, 4.69) is 0 Å². The van der Waals surface area contributed by atoms with Crippen molar-refractivity contribution in [1.29, 1.82) is 0 Å².